The predicted octanol–water partition coefficient (Wildman–Crippen LogP) is 3.89. The summed E-state index contributed by atoms with van der Waals surface area (Å²) in [5.41, 5.74) is 4.56. The van der Waals surface area contributed by atoms with Crippen LogP contribution in [0.25, 0.3) is 6.08 Å². The Balaban J connectivity index is 1.27. The fourth-order valence-corrected chi connectivity index (χ4v) is 7.02. The van der Waals surface area contributed by atoms with Crippen molar-refractivity contribution >= 4 is 12.0 Å². The number of carbonyl (C=O) groups is 1. The van der Waals surface area contributed by atoms with Gasteiger partial charge in [-0.2, -0.15) is 0 Å². The molecule has 1 amide bonds. The summed E-state index contributed by atoms with van der Waals surface area (Å²) in [6.45, 7) is 2.22. The second-order valence-corrected chi connectivity index (χ2v) is 10.7. The predicted molar refractivity (Wildman–Crippen MR) is 128 cm³/mol. The third-order valence-corrected chi connectivity index (χ3v) is 8.85. The largest absolute Gasteiger partial charge is 0.504 e. The van der Waals surface area contributed by atoms with Gasteiger partial charge in [0, 0.05) is 43.4 Å². The summed E-state index contributed by atoms with van der Waals surface area (Å²) in [6.07, 6.45) is 14.3. The molecule has 2 aromatic rings. The zero-order valence-electron chi connectivity index (χ0n) is 19.4. The number of piperidine rings is 1. The average Bonchev–Trinajstić information content (AvgIpc) is 3.36. The number of rotatable bonds is 5. The molecule has 6 nitrogen and oxygen atoms in total. The van der Waals surface area contributed by atoms with Crippen LogP contribution in [0.15, 0.2) is 52.9 Å². The molecule has 0 radical (unpaired) electrons. The lowest BCUT2D eigenvalue weighted by Crippen LogP contribution is -2.64. The summed E-state index contributed by atoms with van der Waals surface area (Å²) in [5.74, 6) is 1.66. The minimum Gasteiger partial charge on any atom is -0.504 e. The minimum atomic E-state index is -0.252. The number of nitrogens with zero attached hydrogens (tertiary/aromatic N) is 2. The maximum atomic E-state index is 13.2. The lowest BCUT2D eigenvalue weighted by atomic mass is 9.55. The second-order valence-electron chi connectivity index (χ2n) is 10.7. The number of likely N-dealkylation sites (tertiary alicyclic amines) is 1. The molecule has 0 unspecified atom stereocenters. The van der Waals surface area contributed by atoms with E-state index >= 15 is 0 Å². The van der Waals surface area contributed by atoms with E-state index in [1.165, 1.54) is 36.1 Å². The highest BCUT2D eigenvalue weighted by Crippen LogP contribution is 2.62. The maximum absolute atomic E-state index is 13.2. The Bertz CT molecular complexity index is 1210. The molecule has 176 valence electrons. The van der Waals surface area contributed by atoms with Crippen LogP contribution in [0.5, 0.6) is 11.5 Å². The number of carbonyl (C=O) groups excluding carboxylic acids is 1. The van der Waals surface area contributed by atoms with Crippen molar-refractivity contribution < 1.29 is 19.1 Å². The topological polar surface area (TPSA) is 66.2 Å². The van der Waals surface area contributed by atoms with Crippen LogP contribution in [0.3, 0.4) is 0 Å². The number of phenolic OH excluding ortho intramolecular Hbond substituents is 1. The third-order valence-electron chi connectivity index (χ3n) is 8.85. The minimum absolute atomic E-state index is 0.0537. The summed E-state index contributed by atoms with van der Waals surface area (Å²) < 4.78 is 11.7. The molecule has 7 rings (SSSR count). The lowest BCUT2D eigenvalue weighted by Gasteiger charge is -2.56. The monoisotopic (exact) mass is 458 g/mol. The summed E-state index contributed by atoms with van der Waals surface area (Å²) in [5, 5.41) is 10.8. The average molecular weight is 459 g/mol. The van der Waals surface area contributed by atoms with E-state index in [0.29, 0.717) is 11.8 Å². The smallest absolute Gasteiger partial charge is 0.246 e. The molecular weight excluding hydrogens is 428 g/mol. The normalized spacial score (nSPS) is 31.2. The van der Waals surface area contributed by atoms with Crippen LogP contribution in [0.2, 0.25) is 0 Å². The first-order valence-electron chi connectivity index (χ1n) is 12.5. The molecule has 1 aromatic heterocycles. The number of hydrogen-bond acceptors (Lipinski definition) is 5. The van der Waals surface area contributed by atoms with Crippen LogP contribution in [0, 0.1) is 5.92 Å². The highest BCUT2D eigenvalue weighted by molar-refractivity contribution is 5.92. The van der Waals surface area contributed by atoms with Crippen LogP contribution in [0.1, 0.15) is 42.4 Å². The van der Waals surface area contributed by atoms with Gasteiger partial charge in [-0.25, -0.2) is 0 Å². The van der Waals surface area contributed by atoms with Crippen molar-refractivity contribution in [3.63, 3.8) is 0 Å². The van der Waals surface area contributed by atoms with Crippen molar-refractivity contribution in [2.24, 2.45) is 5.92 Å². The van der Waals surface area contributed by atoms with Gasteiger partial charge in [-0.3, -0.25) is 9.69 Å². The fourth-order valence-electron chi connectivity index (χ4n) is 7.02. The maximum Gasteiger partial charge on any atom is 0.246 e. The number of benzene rings is 1. The molecule has 6 heteroatoms. The number of ether oxygens (including phenoxy) is 1. The number of amides is 1. The number of hydrogen-bond donors (Lipinski definition) is 1. The summed E-state index contributed by atoms with van der Waals surface area (Å²) >= 11 is 0. The van der Waals surface area contributed by atoms with Gasteiger partial charge in [0.15, 0.2) is 11.5 Å². The first-order chi connectivity index (χ1) is 16.6. The molecule has 34 heavy (non-hydrogen) atoms. The van der Waals surface area contributed by atoms with E-state index in [1.807, 2.05) is 18.0 Å². The molecular formula is C28H30N2O4. The van der Waals surface area contributed by atoms with Crippen LogP contribution in [-0.2, 0) is 16.6 Å². The summed E-state index contributed by atoms with van der Waals surface area (Å²) in [6, 6.07) is 6.01. The van der Waals surface area contributed by atoms with Crippen molar-refractivity contribution in [3.05, 3.63) is 65.1 Å². The van der Waals surface area contributed by atoms with E-state index in [2.05, 4.69) is 17.0 Å². The Morgan fingerprint density at radius 3 is 3.00 bits per heavy atom. The third kappa shape index (κ3) is 2.81. The van der Waals surface area contributed by atoms with Crippen LogP contribution < -0.4 is 4.74 Å². The van der Waals surface area contributed by atoms with Gasteiger partial charge >= 0.3 is 0 Å². The molecule has 4 atom stereocenters. The van der Waals surface area contributed by atoms with E-state index in [1.54, 1.807) is 30.7 Å². The summed E-state index contributed by atoms with van der Waals surface area (Å²) in [7, 11) is 1.87. The van der Waals surface area contributed by atoms with Gasteiger partial charge in [-0.05, 0) is 67.4 Å². The molecule has 1 saturated carbocycles. The first-order valence-corrected chi connectivity index (χ1v) is 12.5. The van der Waals surface area contributed by atoms with Crippen molar-refractivity contribution in [3.8, 4) is 11.5 Å². The molecule has 1 saturated heterocycles. The Hall–Kier alpha value is -2.99. The van der Waals surface area contributed by atoms with E-state index in [9.17, 15) is 9.90 Å². The molecule has 5 aliphatic rings. The highest BCUT2D eigenvalue weighted by Gasteiger charge is 2.63. The molecule has 2 fully saturated rings. The van der Waals surface area contributed by atoms with E-state index < -0.39 is 0 Å². The van der Waals surface area contributed by atoms with Crippen molar-refractivity contribution in [1.29, 1.82) is 0 Å². The second kappa shape index (κ2) is 7.25. The van der Waals surface area contributed by atoms with Gasteiger partial charge in [-0.1, -0.05) is 12.1 Å². The summed E-state index contributed by atoms with van der Waals surface area (Å²) in [4.78, 5) is 17.7. The Kier molecular flexibility index (Phi) is 4.35. The van der Waals surface area contributed by atoms with Gasteiger partial charge in [0.25, 0.3) is 0 Å². The molecule has 2 bridgehead atoms. The SMILES string of the molecule is CN(C(=O)/C=C/c1ccoc1)[C@@H]1CC=C2[C@H]3Cc4ccc(O)c5c4[C@@]2(CCN3CC2CC2)[C@H]1O5. The van der Waals surface area contributed by atoms with Gasteiger partial charge in [0.1, 0.15) is 6.10 Å². The van der Waals surface area contributed by atoms with E-state index in [-0.39, 0.29) is 29.2 Å². The molecule has 3 aliphatic carbocycles. The van der Waals surface area contributed by atoms with E-state index in [4.69, 9.17) is 9.15 Å². The van der Waals surface area contributed by atoms with Crippen LogP contribution in [-0.4, -0.2) is 59.1 Å². The number of likely N-dealkylation sites (N-methyl/N-ethyl adjacent to an activating group) is 1. The zero-order chi connectivity index (χ0) is 23.0. The molecule has 1 aromatic carbocycles. The fraction of sp³-hybridized carbons (Fsp3) is 0.464. The number of aromatic hydroxyl groups is 1. The Morgan fingerprint density at radius 1 is 1.32 bits per heavy atom. The standard InChI is InChI=1S/C28H30N2O4/c1-29(24(32)9-4-18-10-13-33-16-18)21-7-6-20-22-14-19-5-8-23(31)26-25(19)28(20,27(21)34-26)11-12-30(22)15-17-2-3-17/h4-6,8-10,13,16-17,21-22,27,31H,2-3,7,11-12,14-15H2,1H3/b9-4+/t21-,22-,27+,28+/m1/s1. The van der Waals surface area contributed by atoms with Gasteiger partial charge in [-0.15, -0.1) is 0 Å². The first kappa shape index (κ1) is 20.4. The van der Waals surface area contributed by atoms with Crippen molar-refractivity contribution in [2.75, 3.05) is 20.1 Å². The van der Waals surface area contributed by atoms with Gasteiger partial charge in [0.2, 0.25) is 5.91 Å². The Labute approximate surface area is 199 Å². The molecule has 1 N–H and O–H groups in total. The van der Waals surface area contributed by atoms with Crippen LogP contribution >= 0.6 is 0 Å². The Morgan fingerprint density at radius 2 is 2.21 bits per heavy atom. The molecule has 1 spiro atoms. The quantitative estimate of drug-likeness (QED) is 0.544. The number of phenols is 1. The van der Waals surface area contributed by atoms with Crippen molar-refractivity contribution in [2.45, 2.75) is 55.7 Å². The van der Waals surface area contributed by atoms with E-state index in [0.717, 1.165) is 37.3 Å². The zero-order valence-corrected chi connectivity index (χ0v) is 19.4. The van der Waals surface area contributed by atoms with Crippen molar-refractivity contribution in [1.82, 2.24) is 9.80 Å². The van der Waals surface area contributed by atoms with Gasteiger partial charge in [0.05, 0.1) is 24.0 Å². The highest BCUT2D eigenvalue weighted by atomic mass is 16.5. The number of furan rings is 1. The van der Waals surface area contributed by atoms with Crippen LogP contribution in [0.4, 0.5) is 0 Å². The molecule has 3 heterocycles. The molecule has 2 aliphatic heterocycles. The lowest BCUT2D eigenvalue weighted by molar-refractivity contribution is -0.129. The van der Waals surface area contributed by atoms with Gasteiger partial charge < -0.3 is 19.2 Å².